The van der Waals surface area contributed by atoms with Crippen LogP contribution in [0.1, 0.15) is 10.4 Å². The second-order valence-corrected chi connectivity index (χ2v) is 6.99. The van der Waals surface area contributed by atoms with Crippen LogP contribution in [0.3, 0.4) is 0 Å². The molecule has 0 amide bonds. The number of halogens is 3. The Balaban J connectivity index is 1.73. The first-order valence-electron chi connectivity index (χ1n) is 6.52. The summed E-state index contributed by atoms with van der Waals surface area (Å²) in [5.41, 5.74) is 1.95. The molecule has 0 fully saturated rings. The van der Waals surface area contributed by atoms with Crippen LogP contribution >= 0.6 is 46.1 Å². The van der Waals surface area contributed by atoms with E-state index in [1.165, 1.54) is 0 Å². The summed E-state index contributed by atoms with van der Waals surface area (Å²) in [6.07, 6.45) is 2.56. The minimum atomic E-state index is 0.572. The Kier molecular flexibility index (Phi) is 4.89. The Labute approximate surface area is 147 Å². The number of rotatable bonds is 4. The Morgan fingerprint density at radius 3 is 2.55 bits per heavy atom. The van der Waals surface area contributed by atoms with Gasteiger partial charge in [-0.25, -0.2) is 4.98 Å². The third kappa shape index (κ3) is 3.73. The molecule has 22 heavy (non-hydrogen) atoms. The average Bonchev–Trinajstić information content (AvgIpc) is 2.94. The number of thiazole rings is 1. The quantitative estimate of drug-likeness (QED) is 0.572. The van der Waals surface area contributed by atoms with Crippen molar-refractivity contribution < 1.29 is 0 Å². The third-order valence-corrected chi connectivity index (χ3v) is 5.07. The van der Waals surface area contributed by atoms with Gasteiger partial charge in [0.05, 0.1) is 10.0 Å². The van der Waals surface area contributed by atoms with Gasteiger partial charge >= 0.3 is 0 Å². The molecule has 3 aromatic rings. The fourth-order valence-corrected chi connectivity index (χ4v) is 3.35. The van der Waals surface area contributed by atoms with Gasteiger partial charge in [-0.15, -0.1) is 11.3 Å². The molecule has 0 unspecified atom stereocenters. The van der Waals surface area contributed by atoms with Crippen LogP contribution in [0.2, 0.25) is 15.1 Å². The molecular weight excluding hydrogens is 359 g/mol. The topological polar surface area (TPSA) is 24.9 Å². The highest BCUT2D eigenvalue weighted by Crippen LogP contribution is 2.30. The number of anilines is 2. The van der Waals surface area contributed by atoms with Gasteiger partial charge in [0.25, 0.3) is 0 Å². The van der Waals surface area contributed by atoms with E-state index in [-0.39, 0.29) is 0 Å². The van der Waals surface area contributed by atoms with Crippen molar-refractivity contribution in [3.63, 3.8) is 0 Å². The van der Waals surface area contributed by atoms with E-state index in [4.69, 9.17) is 34.8 Å². The molecule has 0 radical (unpaired) electrons. The van der Waals surface area contributed by atoms with E-state index in [1.54, 1.807) is 17.4 Å². The van der Waals surface area contributed by atoms with E-state index in [0.717, 1.165) is 21.3 Å². The van der Waals surface area contributed by atoms with Crippen LogP contribution in [-0.4, -0.2) is 4.98 Å². The molecule has 6 heteroatoms. The number of hydrogen-bond acceptors (Lipinski definition) is 3. The summed E-state index contributed by atoms with van der Waals surface area (Å²) in [5, 5.41) is 5.97. The summed E-state index contributed by atoms with van der Waals surface area (Å²) in [7, 11) is 0. The molecule has 1 aromatic heterocycles. The van der Waals surface area contributed by atoms with Gasteiger partial charge in [0.1, 0.15) is 0 Å². The third-order valence-electron chi connectivity index (χ3n) is 3.05. The van der Waals surface area contributed by atoms with Crippen LogP contribution in [0.15, 0.2) is 48.7 Å². The van der Waals surface area contributed by atoms with Crippen molar-refractivity contribution in [2.45, 2.75) is 6.42 Å². The SMILES string of the molecule is Clc1ccc(Nc2ncc(Cc3cccc(Cl)c3Cl)s2)cc1. The molecule has 0 aliphatic heterocycles. The molecule has 0 atom stereocenters. The van der Waals surface area contributed by atoms with E-state index in [9.17, 15) is 0 Å². The Hall–Kier alpha value is -1.26. The largest absolute Gasteiger partial charge is 0.332 e. The summed E-state index contributed by atoms with van der Waals surface area (Å²) in [6, 6.07) is 13.2. The standard InChI is InChI=1S/C16H11Cl3N2S/c17-11-4-6-12(7-5-11)21-16-20-9-13(22-16)8-10-2-1-3-14(18)15(10)19/h1-7,9H,8H2,(H,20,21). The summed E-state index contributed by atoms with van der Waals surface area (Å²) >= 11 is 19.7. The Morgan fingerprint density at radius 2 is 1.77 bits per heavy atom. The van der Waals surface area contributed by atoms with E-state index in [0.29, 0.717) is 21.5 Å². The minimum absolute atomic E-state index is 0.572. The van der Waals surface area contributed by atoms with E-state index < -0.39 is 0 Å². The molecule has 2 aromatic carbocycles. The predicted octanol–water partition coefficient (Wildman–Crippen LogP) is 6.44. The zero-order valence-corrected chi connectivity index (χ0v) is 14.4. The van der Waals surface area contributed by atoms with Crippen LogP contribution in [0, 0.1) is 0 Å². The van der Waals surface area contributed by atoms with Crippen molar-refractivity contribution in [3.05, 3.63) is 74.2 Å². The Bertz CT molecular complexity index is 784. The first kappa shape index (κ1) is 15.6. The molecule has 1 N–H and O–H groups in total. The lowest BCUT2D eigenvalue weighted by Crippen LogP contribution is -1.87. The highest BCUT2D eigenvalue weighted by atomic mass is 35.5. The fourth-order valence-electron chi connectivity index (χ4n) is 1.98. The number of nitrogens with zero attached hydrogens (tertiary/aromatic N) is 1. The van der Waals surface area contributed by atoms with Crippen LogP contribution in [0.25, 0.3) is 0 Å². The average molecular weight is 370 g/mol. The van der Waals surface area contributed by atoms with Gasteiger partial charge < -0.3 is 5.32 Å². The summed E-state index contributed by atoms with van der Waals surface area (Å²) in [5.74, 6) is 0. The van der Waals surface area contributed by atoms with Gasteiger partial charge in [0.2, 0.25) is 0 Å². The molecule has 0 spiro atoms. The molecule has 0 aliphatic carbocycles. The molecule has 0 saturated heterocycles. The van der Waals surface area contributed by atoms with Crippen molar-refractivity contribution in [2.75, 3.05) is 5.32 Å². The summed E-state index contributed by atoms with van der Waals surface area (Å²) in [6.45, 7) is 0. The Morgan fingerprint density at radius 1 is 1.00 bits per heavy atom. The minimum Gasteiger partial charge on any atom is -0.332 e. The van der Waals surface area contributed by atoms with Crippen molar-refractivity contribution in [3.8, 4) is 0 Å². The van der Waals surface area contributed by atoms with Gasteiger partial charge in [-0.2, -0.15) is 0 Å². The number of hydrogen-bond donors (Lipinski definition) is 1. The molecule has 2 nitrogen and oxygen atoms in total. The number of benzene rings is 2. The van der Waals surface area contributed by atoms with Crippen LogP contribution in [0.4, 0.5) is 10.8 Å². The highest BCUT2D eigenvalue weighted by molar-refractivity contribution is 7.15. The molecular formula is C16H11Cl3N2S. The van der Waals surface area contributed by atoms with Gasteiger partial charge in [0, 0.05) is 28.2 Å². The van der Waals surface area contributed by atoms with Gasteiger partial charge in [-0.1, -0.05) is 46.9 Å². The van der Waals surface area contributed by atoms with E-state index in [2.05, 4.69) is 10.3 Å². The zero-order valence-electron chi connectivity index (χ0n) is 11.3. The van der Waals surface area contributed by atoms with Crippen LogP contribution in [0.5, 0.6) is 0 Å². The second kappa shape index (κ2) is 6.88. The number of nitrogens with one attached hydrogen (secondary N) is 1. The smallest absolute Gasteiger partial charge is 0.187 e. The number of aromatic nitrogens is 1. The summed E-state index contributed by atoms with van der Waals surface area (Å²) in [4.78, 5) is 5.49. The van der Waals surface area contributed by atoms with E-state index >= 15 is 0 Å². The lowest BCUT2D eigenvalue weighted by molar-refractivity contribution is 1.22. The molecule has 0 bridgehead atoms. The lowest BCUT2D eigenvalue weighted by Gasteiger charge is -2.03. The second-order valence-electron chi connectivity index (χ2n) is 4.65. The highest BCUT2D eigenvalue weighted by Gasteiger charge is 2.08. The molecule has 3 rings (SSSR count). The van der Waals surface area contributed by atoms with Gasteiger partial charge in [-0.05, 0) is 35.9 Å². The van der Waals surface area contributed by atoms with Crippen molar-refractivity contribution in [2.24, 2.45) is 0 Å². The van der Waals surface area contributed by atoms with Crippen LogP contribution < -0.4 is 5.32 Å². The lowest BCUT2D eigenvalue weighted by atomic mass is 10.1. The van der Waals surface area contributed by atoms with E-state index in [1.807, 2.05) is 42.6 Å². The zero-order chi connectivity index (χ0) is 15.5. The molecule has 0 saturated carbocycles. The fraction of sp³-hybridized carbons (Fsp3) is 0.0625. The van der Waals surface area contributed by atoms with Gasteiger partial charge in [0.15, 0.2) is 5.13 Å². The van der Waals surface area contributed by atoms with Crippen molar-refractivity contribution in [1.29, 1.82) is 0 Å². The first-order chi connectivity index (χ1) is 10.6. The maximum Gasteiger partial charge on any atom is 0.187 e. The molecule has 112 valence electrons. The molecule has 0 aliphatic rings. The van der Waals surface area contributed by atoms with Crippen molar-refractivity contribution >= 4 is 57.0 Å². The predicted molar refractivity (Wildman–Crippen MR) is 96.1 cm³/mol. The molecule has 1 heterocycles. The van der Waals surface area contributed by atoms with Gasteiger partial charge in [-0.3, -0.25) is 0 Å². The first-order valence-corrected chi connectivity index (χ1v) is 8.47. The summed E-state index contributed by atoms with van der Waals surface area (Å²) < 4.78 is 0. The van der Waals surface area contributed by atoms with Crippen LogP contribution in [-0.2, 0) is 6.42 Å². The maximum atomic E-state index is 6.22. The normalized spacial score (nSPS) is 10.7. The van der Waals surface area contributed by atoms with Crippen molar-refractivity contribution in [1.82, 2.24) is 4.98 Å². The monoisotopic (exact) mass is 368 g/mol. The maximum absolute atomic E-state index is 6.22.